The molecule has 0 aromatic carbocycles. The van der Waals surface area contributed by atoms with Crippen molar-refractivity contribution < 1.29 is 17.7 Å². The first-order valence-electron chi connectivity index (χ1n) is 4.89. The lowest BCUT2D eigenvalue weighted by Gasteiger charge is -2.24. The molecule has 1 rings (SSSR count). The summed E-state index contributed by atoms with van der Waals surface area (Å²) < 4.78 is 22.0. The molecule has 0 bridgehead atoms. The molecule has 0 spiro atoms. The molecule has 1 heterocycles. The van der Waals surface area contributed by atoms with Gasteiger partial charge in [-0.2, -0.15) is 0 Å². The van der Waals surface area contributed by atoms with Gasteiger partial charge in [-0.3, -0.25) is 0 Å². The Labute approximate surface area is 80.6 Å². The van der Waals surface area contributed by atoms with Crippen molar-refractivity contribution in [3.05, 3.63) is 0 Å². The fourth-order valence-corrected chi connectivity index (χ4v) is 3.20. The molecule has 0 N–H and O–H groups in total. The van der Waals surface area contributed by atoms with Crippen molar-refractivity contribution in [2.75, 3.05) is 26.4 Å². The van der Waals surface area contributed by atoms with Crippen molar-refractivity contribution in [1.29, 1.82) is 0 Å². The second kappa shape index (κ2) is 5.72. The molecule has 78 valence electrons. The van der Waals surface area contributed by atoms with E-state index in [4.69, 9.17) is 17.7 Å². The van der Waals surface area contributed by atoms with Crippen LogP contribution in [0.15, 0.2) is 0 Å². The van der Waals surface area contributed by atoms with Crippen molar-refractivity contribution in [3.8, 4) is 0 Å². The summed E-state index contributed by atoms with van der Waals surface area (Å²) in [7, 11) is -2.73. The average Bonchev–Trinajstić information content (AvgIpc) is 2.32. The molecule has 1 saturated heterocycles. The van der Waals surface area contributed by atoms with E-state index >= 15 is 0 Å². The van der Waals surface area contributed by atoms with Crippen LogP contribution in [0.4, 0.5) is 0 Å². The minimum absolute atomic E-state index is 0.576. The molecule has 0 saturated carbocycles. The summed E-state index contributed by atoms with van der Waals surface area (Å²) in [6, 6.07) is 0. The van der Waals surface area contributed by atoms with Crippen LogP contribution in [-0.4, -0.2) is 35.5 Å². The molecular formula is C8H18O4Si. The van der Waals surface area contributed by atoms with Gasteiger partial charge in [0.05, 0.1) is 0 Å². The Morgan fingerprint density at radius 2 is 1.46 bits per heavy atom. The molecule has 0 aliphatic carbocycles. The van der Waals surface area contributed by atoms with Crippen molar-refractivity contribution in [2.24, 2.45) is 0 Å². The standard InChI is InChI=1S/C8H18O4Si/c1-3-9-13(10-4-2)11-7-5-6-8-12-13/h3-8H2,1-2H3. The predicted octanol–water partition coefficient (Wildman–Crippen LogP) is 1.32. The third-order valence-corrected chi connectivity index (χ3v) is 4.14. The van der Waals surface area contributed by atoms with Crippen LogP contribution in [0.25, 0.3) is 0 Å². The van der Waals surface area contributed by atoms with Gasteiger partial charge in [0, 0.05) is 26.4 Å². The molecular weight excluding hydrogens is 188 g/mol. The van der Waals surface area contributed by atoms with Crippen LogP contribution in [0, 0.1) is 0 Å². The van der Waals surface area contributed by atoms with E-state index in [1.807, 2.05) is 13.8 Å². The first-order chi connectivity index (χ1) is 6.33. The maximum atomic E-state index is 5.54. The van der Waals surface area contributed by atoms with Crippen LogP contribution < -0.4 is 0 Å². The highest BCUT2D eigenvalue weighted by molar-refractivity contribution is 6.53. The summed E-state index contributed by atoms with van der Waals surface area (Å²) >= 11 is 0. The molecule has 13 heavy (non-hydrogen) atoms. The first-order valence-corrected chi connectivity index (χ1v) is 6.52. The fraction of sp³-hybridized carbons (Fsp3) is 1.00. The molecule has 1 aliphatic heterocycles. The minimum Gasteiger partial charge on any atom is -0.351 e. The molecule has 0 aromatic heterocycles. The third kappa shape index (κ3) is 3.36. The second-order valence-corrected chi connectivity index (χ2v) is 4.92. The monoisotopic (exact) mass is 206 g/mol. The SMILES string of the molecule is CCO[Si]1(OCC)OCCCCO1. The van der Waals surface area contributed by atoms with E-state index in [-0.39, 0.29) is 0 Å². The summed E-state index contributed by atoms with van der Waals surface area (Å²) in [5.74, 6) is 0. The fourth-order valence-electron chi connectivity index (χ4n) is 1.20. The lowest BCUT2D eigenvalue weighted by atomic mass is 10.3. The van der Waals surface area contributed by atoms with Crippen LogP contribution in [-0.2, 0) is 17.7 Å². The second-order valence-electron chi connectivity index (χ2n) is 2.77. The maximum absolute atomic E-state index is 5.54. The van der Waals surface area contributed by atoms with Gasteiger partial charge in [0.15, 0.2) is 0 Å². The minimum atomic E-state index is -2.73. The molecule has 0 amide bonds. The van der Waals surface area contributed by atoms with E-state index < -0.39 is 9.05 Å². The van der Waals surface area contributed by atoms with Gasteiger partial charge in [0.2, 0.25) is 0 Å². The molecule has 5 heteroatoms. The Morgan fingerprint density at radius 1 is 1.00 bits per heavy atom. The van der Waals surface area contributed by atoms with Gasteiger partial charge in [-0.25, -0.2) is 0 Å². The van der Waals surface area contributed by atoms with Gasteiger partial charge < -0.3 is 17.7 Å². The van der Waals surface area contributed by atoms with Crippen LogP contribution in [0.3, 0.4) is 0 Å². The summed E-state index contributed by atoms with van der Waals surface area (Å²) in [6.45, 7) is 6.37. The Kier molecular flexibility index (Phi) is 4.90. The zero-order valence-electron chi connectivity index (χ0n) is 8.38. The van der Waals surface area contributed by atoms with Crippen LogP contribution in [0.2, 0.25) is 0 Å². The molecule has 0 unspecified atom stereocenters. The zero-order chi connectivity index (χ0) is 9.57. The first kappa shape index (κ1) is 11.1. The van der Waals surface area contributed by atoms with E-state index in [2.05, 4.69) is 0 Å². The highest BCUT2D eigenvalue weighted by Crippen LogP contribution is 2.16. The third-order valence-electron chi connectivity index (χ3n) is 1.74. The maximum Gasteiger partial charge on any atom is 0.679 e. The van der Waals surface area contributed by atoms with E-state index in [1.54, 1.807) is 0 Å². The van der Waals surface area contributed by atoms with Gasteiger partial charge in [-0.15, -0.1) is 0 Å². The van der Waals surface area contributed by atoms with Crippen molar-refractivity contribution in [1.82, 2.24) is 0 Å². The van der Waals surface area contributed by atoms with Gasteiger partial charge >= 0.3 is 9.05 Å². The number of hydrogen-bond acceptors (Lipinski definition) is 4. The summed E-state index contributed by atoms with van der Waals surface area (Å²) in [5, 5.41) is 0. The van der Waals surface area contributed by atoms with Crippen molar-refractivity contribution >= 4 is 9.05 Å². The average molecular weight is 206 g/mol. The van der Waals surface area contributed by atoms with E-state index in [1.165, 1.54) is 0 Å². The van der Waals surface area contributed by atoms with Crippen LogP contribution in [0.1, 0.15) is 26.7 Å². The van der Waals surface area contributed by atoms with Gasteiger partial charge in [-0.1, -0.05) is 0 Å². The van der Waals surface area contributed by atoms with E-state index in [0.717, 1.165) is 12.8 Å². The van der Waals surface area contributed by atoms with E-state index in [9.17, 15) is 0 Å². The van der Waals surface area contributed by atoms with Gasteiger partial charge in [0.1, 0.15) is 0 Å². The Morgan fingerprint density at radius 3 is 1.85 bits per heavy atom. The lowest BCUT2D eigenvalue weighted by Crippen LogP contribution is -2.48. The largest absolute Gasteiger partial charge is 0.679 e. The lowest BCUT2D eigenvalue weighted by molar-refractivity contribution is -0.0176. The summed E-state index contributed by atoms with van der Waals surface area (Å²) in [4.78, 5) is 0. The Balaban J connectivity index is 2.50. The number of hydrogen-bond donors (Lipinski definition) is 0. The quantitative estimate of drug-likeness (QED) is 0.650. The molecule has 4 nitrogen and oxygen atoms in total. The normalized spacial score (nSPS) is 22.6. The number of rotatable bonds is 4. The van der Waals surface area contributed by atoms with Gasteiger partial charge in [0.25, 0.3) is 0 Å². The van der Waals surface area contributed by atoms with E-state index in [0.29, 0.717) is 26.4 Å². The molecule has 0 atom stereocenters. The van der Waals surface area contributed by atoms with Gasteiger partial charge in [-0.05, 0) is 26.7 Å². The predicted molar refractivity (Wildman–Crippen MR) is 50.1 cm³/mol. The molecule has 0 aromatic rings. The summed E-state index contributed by atoms with van der Waals surface area (Å²) in [6.07, 6.45) is 2.05. The van der Waals surface area contributed by atoms with Crippen molar-refractivity contribution in [2.45, 2.75) is 26.7 Å². The summed E-state index contributed by atoms with van der Waals surface area (Å²) in [5.41, 5.74) is 0. The highest BCUT2D eigenvalue weighted by atomic mass is 28.4. The van der Waals surface area contributed by atoms with Crippen molar-refractivity contribution in [3.63, 3.8) is 0 Å². The van der Waals surface area contributed by atoms with Crippen LogP contribution in [0.5, 0.6) is 0 Å². The van der Waals surface area contributed by atoms with Crippen LogP contribution >= 0.6 is 0 Å². The molecule has 1 aliphatic rings. The Hall–Kier alpha value is 0.0569. The molecule has 0 radical (unpaired) electrons. The smallest absolute Gasteiger partial charge is 0.351 e. The topological polar surface area (TPSA) is 36.9 Å². The molecule has 1 fully saturated rings. The highest BCUT2D eigenvalue weighted by Gasteiger charge is 2.45. The Bertz CT molecular complexity index is 126. The zero-order valence-corrected chi connectivity index (χ0v) is 9.38.